The lowest BCUT2D eigenvalue weighted by Gasteiger charge is -2.07. The minimum Gasteiger partial charge on any atom is -0.478 e. The molecule has 5 nitrogen and oxygen atoms in total. The minimum absolute atomic E-state index is 0.288. The highest BCUT2D eigenvalue weighted by Gasteiger charge is 2.06. The number of aromatic nitrogens is 2. The van der Waals surface area contributed by atoms with Crippen LogP contribution in [0.25, 0.3) is 0 Å². The highest BCUT2D eigenvalue weighted by Crippen LogP contribution is 2.18. The van der Waals surface area contributed by atoms with E-state index in [9.17, 15) is 4.79 Å². The van der Waals surface area contributed by atoms with Gasteiger partial charge in [0.25, 0.3) is 0 Å². The zero-order chi connectivity index (χ0) is 14.5. The maximum atomic E-state index is 10.8. The molecular formula is C14H16BrN3O2. The SMILES string of the molecule is Cn1cc(CCNCc2ccc(C(=O)O)cc2Br)cn1. The Morgan fingerprint density at radius 1 is 1.50 bits per heavy atom. The molecule has 0 aliphatic carbocycles. The number of nitrogens with zero attached hydrogens (tertiary/aromatic N) is 2. The zero-order valence-electron chi connectivity index (χ0n) is 11.1. The van der Waals surface area contributed by atoms with E-state index in [0.717, 1.165) is 23.0 Å². The van der Waals surface area contributed by atoms with Crippen LogP contribution in [0.3, 0.4) is 0 Å². The van der Waals surface area contributed by atoms with Crippen molar-refractivity contribution >= 4 is 21.9 Å². The first kappa shape index (κ1) is 14.7. The van der Waals surface area contributed by atoms with Crippen molar-refractivity contribution in [2.24, 2.45) is 7.05 Å². The van der Waals surface area contributed by atoms with Gasteiger partial charge in [0, 0.05) is 24.3 Å². The van der Waals surface area contributed by atoms with Crippen LogP contribution in [0.1, 0.15) is 21.5 Å². The van der Waals surface area contributed by atoms with Crippen LogP contribution >= 0.6 is 15.9 Å². The van der Waals surface area contributed by atoms with E-state index >= 15 is 0 Å². The Morgan fingerprint density at radius 2 is 2.30 bits per heavy atom. The molecule has 1 aromatic carbocycles. The zero-order valence-corrected chi connectivity index (χ0v) is 12.7. The summed E-state index contributed by atoms with van der Waals surface area (Å²) in [7, 11) is 1.90. The molecule has 2 N–H and O–H groups in total. The number of aryl methyl sites for hydroxylation is 1. The fourth-order valence-electron chi connectivity index (χ4n) is 1.88. The molecule has 0 amide bonds. The summed E-state index contributed by atoms with van der Waals surface area (Å²) in [5.74, 6) is -0.915. The molecule has 0 bridgehead atoms. The van der Waals surface area contributed by atoms with Crippen LogP contribution < -0.4 is 5.32 Å². The quantitative estimate of drug-likeness (QED) is 0.793. The Bertz CT molecular complexity index is 610. The average Bonchev–Trinajstić information content (AvgIpc) is 2.81. The highest BCUT2D eigenvalue weighted by molar-refractivity contribution is 9.10. The molecule has 6 heteroatoms. The Balaban J connectivity index is 1.83. The lowest BCUT2D eigenvalue weighted by molar-refractivity contribution is 0.0697. The van der Waals surface area contributed by atoms with E-state index in [2.05, 4.69) is 26.3 Å². The van der Waals surface area contributed by atoms with Gasteiger partial charge in [0.2, 0.25) is 0 Å². The monoisotopic (exact) mass is 337 g/mol. The Morgan fingerprint density at radius 3 is 2.90 bits per heavy atom. The third-order valence-electron chi connectivity index (χ3n) is 2.96. The van der Waals surface area contributed by atoms with Gasteiger partial charge in [-0.3, -0.25) is 4.68 Å². The lowest BCUT2D eigenvalue weighted by Crippen LogP contribution is -2.17. The van der Waals surface area contributed by atoms with Gasteiger partial charge in [-0.05, 0) is 36.2 Å². The number of rotatable bonds is 6. The van der Waals surface area contributed by atoms with Crippen molar-refractivity contribution in [3.63, 3.8) is 0 Å². The van der Waals surface area contributed by atoms with E-state index in [0.29, 0.717) is 6.54 Å². The third-order valence-corrected chi connectivity index (χ3v) is 3.70. The third kappa shape index (κ3) is 3.91. The van der Waals surface area contributed by atoms with Gasteiger partial charge < -0.3 is 10.4 Å². The van der Waals surface area contributed by atoms with Crippen LogP contribution in [-0.4, -0.2) is 27.4 Å². The smallest absolute Gasteiger partial charge is 0.335 e. The molecule has 0 unspecified atom stereocenters. The van der Waals surface area contributed by atoms with Gasteiger partial charge in [-0.15, -0.1) is 0 Å². The van der Waals surface area contributed by atoms with Crippen molar-refractivity contribution in [2.75, 3.05) is 6.54 Å². The average molecular weight is 338 g/mol. The summed E-state index contributed by atoms with van der Waals surface area (Å²) in [6.07, 6.45) is 4.77. The number of hydrogen-bond donors (Lipinski definition) is 2. The lowest BCUT2D eigenvalue weighted by atomic mass is 10.1. The van der Waals surface area contributed by atoms with Crippen LogP contribution in [-0.2, 0) is 20.0 Å². The van der Waals surface area contributed by atoms with Crippen molar-refractivity contribution in [3.8, 4) is 0 Å². The molecule has 2 rings (SSSR count). The van der Waals surface area contributed by atoms with Crippen LogP contribution in [0.15, 0.2) is 35.1 Å². The van der Waals surface area contributed by atoms with Crippen molar-refractivity contribution < 1.29 is 9.90 Å². The Kier molecular flexibility index (Phi) is 4.92. The number of carboxylic acid groups (broad SMARTS) is 1. The van der Waals surface area contributed by atoms with Crippen molar-refractivity contribution in [1.29, 1.82) is 0 Å². The fraction of sp³-hybridized carbons (Fsp3) is 0.286. The van der Waals surface area contributed by atoms with Crippen LogP contribution in [0.5, 0.6) is 0 Å². The van der Waals surface area contributed by atoms with Crippen molar-refractivity contribution in [2.45, 2.75) is 13.0 Å². The Hall–Kier alpha value is -1.66. The summed E-state index contributed by atoms with van der Waals surface area (Å²) in [6, 6.07) is 5.07. The normalized spacial score (nSPS) is 10.7. The van der Waals surface area contributed by atoms with E-state index in [-0.39, 0.29) is 5.56 Å². The largest absolute Gasteiger partial charge is 0.478 e. The minimum atomic E-state index is -0.915. The first-order valence-electron chi connectivity index (χ1n) is 6.26. The molecule has 1 heterocycles. The first-order chi connectivity index (χ1) is 9.56. The van der Waals surface area contributed by atoms with Gasteiger partial charge in [0.1, 0.15) is 0 Å². The van der Waals surface area contributed by atoms with Gasteiger partial charge in [-0.1, -0.05) is 22.0 Å². The molecule has 1 aromatic heterocycles. The predicted octanol–water partition coefficient (Wildman–Crippen LogP) is 2.21. The van der Waals surface area contributed by atoms with E-state index in [1.807, 2.05) is 25.5 Å². The molecule has 0 saturated heterocycles. The summed E-state index contributed by atoms with van der Waals surface area (Å²) in [5, 5.41) is 16.4. The molecule has 0 saturated carbocycles. The second-order valence-electron chi connectivity index (χ2n) is 4.56. The maximum absolute atomic E-state index is 10.8. The molecule has 0 atom stereocenters. The second-order valence-corrected chi connectivity index (χ2v) is 5.41. The molecule has 0 spiro atoms. The summed E-state index contributed by atoms with van der Waals surface area (Å²) in [5.41, 5.74) is 2.53. The van der Waals surface area contributed by atoms with Gasteiger partial charge in [-0.25, -0.2) is 4.79 Å². The summed E-state index contributed by atoms with van der Waals surface area (Å²) in [6.45, 7) is 1.54. The van der Waals surface area contributed by atoms with E-state index in [4.69, 9.17) is 5.11 Å². The molecule has 0 radical (unpaired) electrons. The highest BCUT2D eigenvalue weighted by atomic mass is 79.9. The van der Waals surface area contributed by atoms with Crippen LogP contribution in [0, 0.1) is 0 Å². The number of benzene rings is 1. The number of carboxylic acids is 1. The van der Waals surface area contributed by atoms with E-state index < -0.39 is 5.97 Å². The van der Waals surface area contributed by atoms with E-state index in [1.165, 1.54) is 5.56 Å². The number of aromatic carboxylic acids is 1. The molecular weight excluding hydrogens is 322 g/mol. The molecule has 0 aliphatic rings. The maximum Gasteiger partial charge on any atom is 0.335 e. The topological polar surface area (TPSA) is 67.2 Å². The van der Waals surface area contributed by atoms with Gasteiger partial charge >= 0.3 is 5.97 Å². The fourth-order valence-corrected chi connectivity index (χ4v) is 2.40. The number of carbonyl (C=O) groups is 1. The number of hydrogen-bond acceptors (Lipinski definition) is 3. The summed E-state index contributed by atoms with van der Waals surface area (Å²) < 4.78 is 2.60. The molecule has 0 aliphatic heterocycles. The second kappa shape index (κ2) is 6.67. The van der Waals surface area contributed by atoms with Gasteiger partial charge in [0.15, 0.2) is 0 Å². The number of halogens is 1. The van der Waals surface area contributed by atoms with Crippen LogP contribution in [0.4, 0.5) is 0 Å². The Labute approximate surface area is 125 Å². The summed E-state index contributed by atoms with van der Waals surface area (Å²) >= 11 is 3.40. The van der Waals surface area contributed by atoms with E-state index in [1.54, 1.807) is 16.8 Å². The standard InChI is InChI=1S/C14H16BrN3O2/c1-18-9-10(7-17-18)4-5-16-8-12-3-2-11(14(19)20)6-13(12)15/h2-3,6-7,9,16H,4-5,8H2,1H3,(H,19,20). The van der Waals surface area contributed by atoms with Crippen molar-refractivity contribution in [3.05, 3.63) is 51.8 Å². The molecule has 2 aromatic rings. The van der Waals surface area contributed by atoms with Gasteiger partial charge in [0.05, 0.1) is 11.8 Å². The molecule has 106 valence electrons. The molecule has 0 fully saturated rings. The van der Waals surface area contributed by atoms with Crippen molar-refractivity contribution in [1.82, 2.24) is 15.1 Å². The molecule has 20 heavy (non-hydrogen) atoms. The number of nitrogens with one attached hydrogen (secondary N) is 1. The van der Waals surface area contributed by atoms with Crippen LogP contribution in [0.2, 0.25) is 0 Å². The summed E-state index contributed by atoms with van der Waals surface area (Å²) in [4.78, 5) is 10.8. The first-order valence-corrected chi connectivity index (χ1v) is 7.05. The predicted molar refractivity (Wildman–Crippen MR) is 79.7 cm³/mol. The van der Waals surface area contributed by atoms with Gasteiger partial charge in [-0.2, -0.15) is 5.10 Å².